The fraction of sp³-hybridized carbons (Fsp3) is 0.290. The van der Waals surface area contributed by atoms with Gasteiger partial charge >= 0.3 is 0 Å². The molecule has 5 heteroatoms. The molecule has 0 saturated carbocycles. The molecule has 0 spiro atoms. The lowest BCUT2D eigenvalue weighted by Crippen LogP contribution is -2.53. The van der Waals surface area contributed by atoms with E-state index >= 15 is 0 Å². The molecule has 1 N–H and O–H groups in total. The molecule has 0 bridgehead atoms. The number of phenols is 1. The van der Waals surface area contributed by atoms with E-state index in [0.29, 0.717) is 23.0 Å². The molecular formula is C31H30N2O3. The second-order valence-corrected chi connectivity index (χ2v) is 10.4. The number of fused-ring (bicyclic) bond motifs is 4. The second-order valence-electron chi connectivity index (χ2n) is 10.4. The van der Waals surface area contributed by atoms with Crippen LogP contribution in [0, 0.1) is 11.8 Å². The summed E-state index contributed by atoms with van der Waals surface area (Å²) in [6.45, 7) is 8.97. The normalized spacial score (nSPS) is 22.4. The fourth-order valence-electron chi connectivity index (χ4n) is 6.11. The molecule has 1 aliphatic heterocycles. The van der Waals surface area contributed by atoms with Crippen molar-refractivity contribution in [3.63, 3.8) is 0 Å². The van der Waals surface area contributed by atoms with Gasteiger partial charge in [-0.2, -0.15) is 0 Å². The molecule has 182 valence electrons. The molecule has 1 aliphatic carbocycles. The zero-order valence-electron chi connectivity index (χ0n) is 21.0. The van der Waals surface area contributed by atoms with Gasteiger partial charge in [-0.3, -0.25) is 0 Å². The van der Waals surface area contributed by atoms with Crippen molar-refractivity contribution >= 4 is 16.8 Å². The molecule has 0 fully saturated rings. The first-order chi connectivity index (χ1) is 17.3. The van der Waals surface area contributed by atoms with Crippen molar-refractivity contribution in [2.24, 2.45) is 16.8 Å². The monoisotopic (exact) mass is 478 g/mol. The van der Waals surface area contributed by atoms with E-state index in [2.05, 4.69) is 56.9 Å². The molecule has 2 heterocycles. The van der Waals surface area contributed by atoms with Gasteiger partial charge in [-0.1, -0.05) is 70.2 Å². The molecule has 1 aromatic heterocycles. The molecular weight excluding hydrogens is 448 g/mol. The summed E-state index contributed by atoms with van der Waals surface area (Å²) in [6.07, 6.45) is 0.840. The third kappa shape index (κ3) is 3.15. The van der Waals surface area contributed by atoms with Crippen molar-refractivity contribution < 1.29 is 14.6 Å². The molecule has 4 aromatic rings. The number of para-hydroxylation sites is 1. The number of aliphatic imine (C=N–C) groups is 1. The van der Waals surface area contributed by atoms with Crippen molar-refractivity contribution in [2.75, 3.05) is 0 Å². The minimum atomic E-state index is -0.443. The summed E-state index contributed by atoms with van der Waals surface area (Å²) in [5, 5.41) is 11.0. The molecule has 3 aromatic carbocycles. The number of aromatic nitrogens is 1. The summed E-state index contributed by atoms with van der Waals surface area (Å²) < 4.78 is 13.0. The Bertz CT molecular complexity index is 1510. The lowest BCUT2D eigenvalue weighted by Gasteiger charge is -2.43. The van der Waals surface area contributed by atoms with Crippen molar-refractivity contribution in [2.45, 2.75) is 45.3 Å². The highest BCUT2D eigenvalue weighted by molar-refractivity contribution is 5.97. The summed E-state index contributed by atoms with van der Waals surface area (Å²) in [5.41, 5.74) is 3.11. The summed E-state index contributed by atoms with van der Waals surface area (Å²) in [4.78, 5) is 9.88. The van der Waals surface area contributed by atoms with Crippen LogP contribution in [0.2, 0.25) is 0 Å². The highest BCUT2D eigenvalue weighted by Crippen LogP contribution is 2.60. The fourth-order valence-corrected chi connectivity index (χ4v) is 6.11. The molecule has 36 heavy (non-hydrogen) atoms. The first-order valence-corrected chi connectivity index (χ1v) is 12.6. The Balaban J connectivity index is 1.40. The quantitative estimate of drug-likeness (QED) is 0.335. The average molecular weight is 479 g/mol. The maximum Gasteiger partial charge on any atom is 0.219 e. The summed E-state index contributed by atoms with van der Waals surface area (Å²) >= 11 is 0. The van der Waals surface area contributed by atoms with Crippen LogP contribution in [0.3, 0.4) is 0 Å². The van der Waals surface area contributed by atoms with Crippen molar-refractivity contribution in [3.05, 3.63) is 95.6 Å². The SMILES string of the molecule is CC(C)[C@@]12Cc3ccccc3[C@]1(C(C)C)N=C(c1cccc(Oc3ccc4cccc(O)c4n3)c1)O2. The molecule has 6 rings (SSSR count). The van der Waals surface area contributed by atoms with Crippen LogP contribution < -0.4 is 4.74 Å². The standard InChI is InChI=1S/C31H30N2O3/c1-19(2)30-18-23-9-5-6-13-25(23)31(30,20(3)4)33-29(36-30)22-11-7-12-24(17-22)35-27-16-15-21-10-8-14-26(34)28(21)32-27/h5-17,19-20,34H,18H2,1-4H3/t30-,31-/m0/s1. The van der Waals surface area contributed by atoms with Crippen molar-refractivity contribution in [1.82, 2.24) is 4.98 Å². The van der Waals surface area contributed by atoms with E-state index in [0.717, 1.165) is 17.4 Å². The van der Waals surface area contributed by atoms with Crippen LogP contribution in [0.15, 0.2) is 83.9 Å². The predicted molar refractivity (Wildman–Crippen MR) is 142 cm³/mol. The van der Waals surface area contributed by atoms with Gasteiger partial charge in [0.25, 0.3) is 0 Å². The van der Waals surface area contributed by atoms with E-state index in [4.69, 9.17) is 14.5 Å². The number of phenolic OH excluding ortho intramolecular Hbond substituents is 1. The Morgan fingerprint density at radius 2 is 1.69 bits per heavy atom. The zero-order valence-corrected chi connectivity index (χ0v) is 21.0. The third-order valence-electron chi connectivity index (χ3n) is 7.83. The first-order valence-electron chi connectivity index (χ1n) is 12.6. The number of rotatable bonds is 5. The number of aromatic hydroxyl groups is 1. The van der Waals surface area contributed by atoms with Crippen LogP contribution in [-0.2, 0) is 16.7 Å². The maximum absolute atomic E-state index is 10.2. The Labute approximate surface area is 211 Å². The van der Waals surface area contributed by atoms with Gasteiger partial charge in [0.05, 0.1) is 0 Å². The van der Waals surface area contributed by atoms with E-state index in [-0.39, 0.29) is 17.6 Å². The molecule has 0 unspecified atom stereocenters. The molecule has 0 saturated heterocycles. The smallest absolute Gasteiger partial charge is 0.219 e. The van der Waals surface area contributed by atoms with Gasteiger partial charge in [-0.15, -0.1) is 0 Å². The molecule has 0 radical (unpaired) electrons. The van der Waals surface area contributed by atoms with Gasteiger partial charge in [0, 0.05) is 23.4 Å². The first kappa shape index (κ1) is 22.6. The highest BCUT2D eigenvalue weighted by Gasteiger charge is 2.66. The minimum absolute atomic E-state index is 0.130. The molecule has 2 aliphatic rings. The number of benzene rings is 3. The van der Waals surface area contributed by atoms with Gasteiger partial charge in [0.15, 0.2) is 0 Å². The predicted octanol–water partition coefficient (Wildman–Crippen LogP) is 7.01. The number of hydrogen-bond acceptors (Lipinski definition) is 5. The third-order valence-corrected chi connectivity index (χ3v) is 7.83. The molecule has 0 amide bonds. The van der Waals surface area contributed by atoms with E-state index in [9.17, 15) is 5.11 Å². The van der Waals surface area contributed by atoms with Gasteiger partial charge in [-0.25, -0.2) is 9.98 Å². The summed E-state index contributed by atoms with van der Waals surface area (Å²) in [5.74, 6) is 2.36. The van der Waals surface area contributed by atoms with Crippen molar-refractivity contribution in [1.29, 1.82) is 0 Å². The maximum atomic E-state index is 10.2. The lowest BCUT2D eigenvalue weighted by atomic mass is 9.68. The number of pyridine rings is 1. The highest BCUT2D eigenvalue weighted by atomic mass is 16.5. The number of hydrogen-bond donors (Lipinski definition) is 1. The Morgan fingerprint density at radius 3 is 2.50 bits per heavy atom. The van der Waals surface area contributed by atoms with E-state index < -0.39 is 11.1 Å². The summed E-state index contributed by atoms with van der Waals surface area (Å²) in [6, 6.07) is 25.5. The van der Waals surface area contributed by atoms with Gasteiger partial charge < -0.3 is 14.6 Å². The Kier molecular flexibility index (Phi) is 5.08. The Hall–Kier alpha value is -3.86. The van der Waals surface area contributed by atoms with Crippen LogP contribution in [0.25, 0.3) is 10.9 Å². The molecule has 5 nitrogen and oxygen atoms in total. The number of nitrogens with zero attached hydrogens (tertiary/aromatic N) is 2. The minimum Gasteiger partial charge on any atom is -0.506 e. The van der Waals surface area contributed by atoms with Crippen LogP contribution in [0.4, 0.5) is 0 Å². The zero-order chi connectivity index (χ0) is 25.1. The van der Waals surface area contributed by atoms with E-state index in [1.807, 2.05) is 36.4 Å². The Morgan fingerprint density at radius 1 is 0.889 bits per heavy atom. The number of ether oxygens (including phenoxy) is 2. The topological polar surface area (TPSA) is 63.9 Å². The summed E-state index contributed by atoms with van der Waals surface area (Å²) in [7, 11) is 0. The van der Waals surface area contributed by atoms with Crippen LogP contribution in [-0.4, -0.2) is 21.6 Å². The van der Waals surface area contributed by atoms with Crippen LogP contribution in [0.1, 0.15) is 44.4 Å². The van der Waals surface area contributed by atoms with E-state index in [1.54, 1.807) is 18.2 Å². The van der Waals surface area contributed by atoms with Crippen LogP contribution in [0.5, 0.6) is 17.4 Å². The van der Waals surface area contributed by atoms with Gasteiger partial charge in [0.2, 0.25) is 11.8 Å². The van der Waals surface area contributed by atoms with Gasteiger partial charge in [-0.05, 0) is 53.3 Å². The van der Waals surface area contributed by atoms with Gasteiger partial charge in [0.1, 0.15) is 28.2 Å². The average Bonchev–Trinajstić information content (AvgIpc) is 3.36. The molecule has 2 atom stereocenters. The van der Waals surface area contributed by atoms with E-state index in [1.165, 1.54) is 11.1 Å². The second kappa shape index (κ2) is 8.09. The lowest BCUT2D eigenvalue weighted by molar-refractivity contribution is -0.0412. The van der Waals surface area contributed by atoms with Crippen LogP contribution >= 0.6 is 0 Å². The largest absolute Gasteiger partial charge is 0.506 e. The van der Waals surface area contributed by atoms with Crippen molar-refractivity contribution in [3.8, 4) is 17.4 Å².